The molecular formula is C23H28ClN5O5. The number of amides is 4. The number of primary amides is 1. The average Bonchev–Trinajstić information content (AvgIpc) is 3.35. The standard InChI is InChI=1S/C23H28ClN5O5/c1-34-14-7-13-9-18(27-19(13)15(24)10-14)23(33)29-17(6-11-2-3-11)22(32)28-16(20(25)30)8-12-4-5-26-21(12)31/h7,9-12,16-17,27H,2-6,8H2,1H3,(H2,25,30)(H,26,31)(H,28,32)(H,29,33). The van der Waals surface area contributed by atoms with Crippen molar-refractivity contribution in [2.45, 2.75) is 44.2 Å². The molecule has 10 nitrogen and oxygen atoms in total. The molecule has 4 amide bonds. The maximum atomic E-state index is 13.1. The molecule has 6 N–H and O–H groups in total. The molecule has 11 heteroatoms. The predicted octanol–water partition coefficient (Wildman–Crippen LogP) is 1.22. The molecule has 1 aliphatic heterocycles. The molecule has 2 heterocycles. The average molecular weight is 490 g/mol. The summed E-state index contributed by atoms with van der Waals surface area (Å²) < 4.78 is 5.22. The lowest BCUT2D eigenvalue weighted by atomic mass is 9.97. The Hall–Kier alpha value is -3.27. The van der Waals surface area contributed by atoms with Crippen LogP contribution in [-0.4, -0.2) is 54.4 Å². The van der Waals surface area contributed by atoms with Gasteiger partial charge in [-0.25, -0.2) is 0 Å². The molecule has 0 bridgehead atoms. The van der Waals surface area contributed by atoms with Gasteiger partial charge in [-0.1, -0.05) is 24.4 Å². The van der Waals surface area contributed by atoms with Gasteiger partial charge in [0.05, 0.1) is 17.6 Å². The number of halogens is 1. The maximum Gasteiger partial charge on any atom is 0.268 e. The molecule has 34 heavy (non-hydrogen) atoms. The Morgan fingerprint density at radius 3 is 2.53 bits per heavy atom. The number of benzene rings is 1. The molecule has 1 saturated heterocycles. The summed E-state index contributed by atoms with van der Waals surface area (Å²) in [5.41, 5.74) is 6.32. The molecule has 0 spiro atoms. The number of hydrogen-bond acceptors (Lipinski definition) is 5. The number of methoxy groups -OCH3 is 1. The molecule has 1 saturated carbocycles. The summed E-state index contributed by atoms with van der Waals surface area (Å²) in [5.74, 6) is -1.35. The van der Waals surface area contributed by atoms with Crippen molar-refractivity contribution >= 4 is 46.1 Å². The molecule has 3 unspecified atom stereocenters. The number of aromatic nitrogens is 1. The number of nitrogens with one attached hydrogen (secondary N) is 4. The molecule has 4 rings (SSSR count). The fourth-order valence-electron chi connectivity index (χ4n) is 4.24. The van der Waals surface area contributed by atoms with E-state index in [4.69, 9.17) is 22.1 Å². The number of fused-ring (bicyclic) bond motifs is 1. The Kier molecular flexibility index (Phi) is 6.97. The van der Waals surface area contributed by atoms with Gasteiger partial charge in [-0.05, 0) is 37.3 Å². The summed E-state index contributed by atoms with van der Waals surface area (Å²) in [6.07, 6.45) is 3.10. The van der Waals surface area contributed by atoms with Crippen LogP contribution in [0.2, 0.25) is 5.02 Å². The third-order valence-electron chi connectivity index (χ3n) is 6.36. The van der Waals surface area contributed by atoms with E-state index in [1.54, 1.807) is 18.2 Å². The van der Waals surface area contributed by atoms with E-state index in [-0.39, 0.29) is 23.9 Å². The van der Waals surface area contributed by atoms with E-state index in [0.29, 0.717) is 47.0 Å². The second kappa shape index (κ2) is 9.92. The van der Waals surface area contributed by atoms with Gasteiger partial charge in [0.25, 0.3) is 5.91 Å². The van der Waals surface area contributed by atoms with Crippen molar-refractivity contribution in [3.05, 3.63) is 28.9 Å². The van der Waals surface area contributed by atoms with Crippen LogP contribution in [0, 0.1) is 11.8 Å². The zero-order chi connectivity index (χ0) is 24.4. The zero-order valence-corrected chi connectivity index (χ0v) is 19.5. The SMILES string of the molecule is COc1cc(Cl)c2[nH]c(C(=O)NC(CC3CC3)C(=O)NC(CC3CCNC3=O)C(N)=O)cc2c1. The lowest BCUT2D eigenvalue weighted by molar-refractivity contribution is -0.130. The van der Waals surface area contributed by atoms with E-state index in [9.17, 15) is 19.2 Å². The van der Waals surface area contributed by atoms with E-state index >= 15 is 0 Å². The van der Waals surface area contributed by atoms with Gasteiger partial charge in [0.15, 0.2) is 0 Å². The van der Waals surface area contributed by atoms with Gasteiger partial charge >= 0.3 is 0 Å². The van der Waals surface area contributed by atoms with Gasteiger partial charge in [0, 0.05) is 23.9 Å². The van der Waals surface area contributed by atoms with E-state index in [0.717, 1.165) is 12.8 Å². The molecule has 0 radical (unpaired) electrons. The molecule has 182 valence electrons. The maximum absolute atomic E-state index is 13.1. The van der Waals surface area contributed by atoms with Crippen LogP contribution in [-0.2, 0) is 14.4 Å². The van der Waals surface area contributed by atoms with Gasteiger partial charge in [-0.3, -0.25) is 19.2 Å². The minimum Gasteiger partial charge on any atom is -0.497 e. The highest BCUT2D eigenvalue weighted by atomic mass is 35.5. The molecule has 1 aromatic heterocycles. The number of ether oxygens (including phenoxy) is 1. The van der Waals surface area contributed by atoms with Crippen molar-refractivity contribution < 1.29 is 23.9 Å². The van der Waals surface area contributed by atoms with Gasteiger partial charge < -0.3 is 31.4 Å². The molecule has 1 aliphatic carbocycles. The van der Waals surface area contributed by atoms with Gasteiger partial charge in [0.1, 0.15) is 23.5 Å². The smallest absolute Gasteiger partial charge is 0.268 e. The highest BCUT2D eigenvalue weighted by molar-refractivity contribution is 6.35. The van der Waals surface area contributed by atoms with Gasteiger partial charge in [-0.15, -0.1) is 0 Å². The minimum atomic E-state index is -1.00. The normalized spacial score (nSPS) is 19.4. The largest absolute Gasteiger partial charge is 0.497 e. The van der Waals surface area contributed by atoms with Crippen LogP contribution in [0.3, 0.4) is 0 Å². The Labute approximate surface area is 201 Å². The van der Waals surface area contributed by atoms with Crippen molar-refractivity contribution in [2.75, 3.05) is 13.7 Å². The van der Waals surface area contributed by atoms with Crippen LogP contribution in [0.15, 0.2) is 18.2 Å². The van der Waals surface area contributed by atoms with Crippen LogP contribution in [0.1, 0.15) is 42.6 Å². The minimum absolute atomic E-state index is 0.124. The van der Waals surface area contributed by atoms with Gasteiger partial charge in [0.2, 0.25) is 17.7 Å². The van der Waals surface area contributed by atoms with Crippen LogP contribution >= 0.6 is 11.6 Å². The first-order chi connectivity index (χ1) is 16.2. The summed E-state index contributed by atoms with van der Waals surface area (Å²) in [6, 6.07) is 3.17. The van der Waals surface area contributed by atoms with Crippen molar-refractivity contribution in [3.8, 4) is 5.75 Å². The number of H-pyrrole nitrogens is 1. The van der Waals surface area contributed by atoms with E-state index in [1.165, 1.54) is 7.11 Å². The highest BCUT2D eigenvalue weighted by Gasteiger charge is 2.35. The summed E-state index contributed by atoms with van der Waals surface area (Å²) in [5, 5.41) is 9.23. The van der Waals surface area contributed by atoms with Gasteiger partial charge in [-0.2, -0.15) is 0 Å². The number of hydrogen-bond donors (Lipinski definition) is 5. The summed E-state index contributed by atoms with van der Waals surface area (Å²) in [7, 11) is 1.53. The fourth-order valence-corrected chi connectivity index (χ4v) is 4.51. The molecule has 3 atom stereocenters. The molecule has 2 aliphatic rings. The van der Waals surface area contributed by atoms with Crippen molar-refractivity contribution in [2.24, 2.45) is 17.6 Å². The fraction of sp³-hybridized carbons (Fsp3) is 0.478. The quantitative estimate of drug-likeness (QED) is 0.339. The van der Waals surface area contributed by atoms with Crippen molar-refractivity contribution in [1.82, 2.24) is 20.9 Å². The Morgan fingerprint density at radius 2 is 1.91 bits per heavy atom. The van der Waals surface area contributed by atoms with E-state index < -0.39 is 29.8 Å². The van der Waals surface area contributed by atoms with E-state index in [1.807, 2.05) is 0 Å². The number of carbonyl (C=O) groups excluding carboxylic acids is 4. The third-order valence-corrected chi connectivity index (χ3v) is 6.66. The lowest BCUT2D eigenvalue weighted by Crippen LogP contribution is -2.53. The molecule has 2 fully saturated rings. The third kappa shape index (κ3) is 5.44. The number of carbonyl (C=O) groups is 4. The zero-order valence-electron chi connectivity index (χ0n) is 18.8. The first kappa shape index (κ1) is 23.9. The first-order valence-corrected chi connectivity index (χ1v) is 11.7. The molecule has 2 aromatic rings. The number of aromatic amines is 1. The first-order valence-electron chi connectivity index (χ1n) is 11.3. The van der Waals surface area contributed by atoms with Crippen molar-refractivity contribution in [1.29, 1.82) is 0 Å². The summed E-state index contributed by atoms with van der Waals surface area (Å²) in [4.78, 5) is 52.9. The van der Waals surface area contributed by atoms with Crippen LogP contribution in [0.5, 0.6) is 5.75 Å². The topological polar surface area (TPSA) is 155 Å². The van der Waals surface area contributed by atoms with Crippen molar-refractivity contribution in [3.63, 3.8) is 0 Å². The molecule has 1 aromatic carbocycles. The van der Waals surface area contributed by atoms with E-state index in [2.05, 4.69) is 20.9 Å². The van der Waals surface area contributed by atoms with Crippen LogP contribution < -0.4 is 26.4 Å². The highest BCUT2D eigenvalue weighted by Crippen LogP contribution is 2.34. The Balaban J connectivity index is 1.47. The monoisotopic (exact) mass is 489 g/mol. The summed E-state index contributed by atoms with van der Waals surface area (Å²) in [6.45, 7) is 0.531. The lowest BCUT2D eigenvalue weighted by Gasteiger charge is -2.23. The number of nitrogens with two attached hydrogens (primary N) is 1. The second-order valence-electron chi connectivity index (χ2n) is 8.94. The second-order valence-corrected chi connectivity index (χ2v) is 9.34. The van der Waals surface area contributed by atoms with Crippen LogP contribution in [0.25, 0.3) is 10.9 Å². The summed E-state index contributed by atoms with van der Waals surface area (Å²) >= 11 is 6.28. The Morgan fingerprint density at radius 1 is 1.15 bits per heavy atom. The predicted molar refractivity (Wildman–Crippen MR) is 125 cm³/mol. The Bertz CT molecular complexity index is 1130. The molecular weight excluding hydrogens is 462 g/mol. The van der Waals surface area contributed by atoms with Crippen LogP contribution in [0.4, 0.5) is 0 Å². The number of rotatable bonds is 10.